The summed E-state index contributed by atoms with van der Waals surface area (Å²) in [5.41, 5.74) is 3.28. The second-order valence-electron chi connectivity index (χ2n) is 7.32. The Kier molecular flexibility index (Phi) is 6.95. The van der Waals surface area contributed by atoms with Crippen molar-refractivity contribution in [3.05, 3.63) is 53.9 Å². The highest BCUT2D eigenvalue weighted by molar-refractivity contribution is 5.99. The first kappa shape index (κ1) is 21.6. The van der Waals surface area contributed by atoms with Gasteiger partial charge in [-0.3, -0.25) is 14.5 Å². The molecule has 0 aliphatic carbocycles. The molecule has 0 atom stereocenters. The van der Waals surface area contributed by atoms with Crippen LogP contribution in [0.5, 0.6) is 11.5 Å². The third-order valence-corrected chi connectivity index (χ3v) is 5.19. The number of amides is 1. The second-order valence-corrected chi connectivity index (χ2v) is 7.32. The molecule has 30 heavy (non-hydrogen) atoms. The van der Waals surface area contributed by atoms with Crippen LogP contribution in [-0.2, 0) is 11.3 Å². The predicted molar refractivity (Wildman–Crippen MR) is 117 cm³/mol. The number of benzene rings is 1. The highest BCUT2D eigenvalue weighted by Crippen LogP contribution is 2.32. The lowest BCUT2D eigenvalue weighted by molar-refractivity contribution is -0.117. The van der Waals surface area contributed by atoms with Gasteiger partial charge < -0.3 is 19.4 Å². The molecule has 0 spiro atoms. The summed E-state index contributed by atoms with van der Waals surface area (Å²) in [4.78, 5) is 27.2. The van der Waals surface area contributed by atoms with Crippen molar-refractivity contribution in [1.29, 1.82) is 0 Å². The summed E-state index contributed by atoms with van der Waals surface area (Å²) >= 11 is 0. The molecule has 0 radical (unpaired) electrons. The van der Waals surface area contributed by atoms with Crippen molar-refractivity contribution >= 4 is 17.4 Å². The van der Waals surface area contributed by atoms with E-state index < -0.39 is 0 Å². The number of ketones is 1. The van der Waals surface area contributed by atoms with Gasteiger partial charge in [0.15, 0.2) is 17.3 Å². The van der Waals surface area contributed by atoms with Crippen LogP contribution >= 0.6 is 0 Å². The van der Waals surface area contributed by atoms with Crippen molar-refractivity contribution in [2.24, 2.45) is 0 Å². The first-order valence-electron chi connectivity index (χ1n) is 10.2. The van der Waals surface area contributed by atoms with Crippen molar-refractivity contribution in [2.45, 2.75) is 27.3 Å². The molecule has 0 unspecified atom stereocenters. The van der Waals surface area contributed by atoms with Gasteiger partial charge in [-0.05, 0) is 38.6 Å². The van der Waals surface area contributed by atoms with E-state index in [-0.39, 0.29) is 24.8 Å². The van der Waals surface area contributed by atoms with Crippen molar-refractivity contribution < 1.29 is 19.1 Å². The maximum Gasteiger partial charge on any atom is 0.238 e. The quantitative estimate of drug-likeness (QED) is 0.507. The summed E-state index contributed by atoms with van der Waals surface area (Å²) < 4.78 is 13.1. The molecule has 3 rings (SSSR count). The van der Waals surface area contributed by atoms with Gasteiger partial charge in [0.25, 0.3) is 0 Å². The standard InChI is InChI=1S/C23H29N3O4/c1-5-9-26-16(3)12-19(17(26)4)20(27)14-25(6-2)15-23(28)24-18-7-8-21-22(13-18)30-11-10-29-21/h5,7-8,12-13H,1,6,9-11,14-15H2,2-4H3,(H,24,28). The number of carbonyl (C=O) groups excluding carboxylic acids is 2. The van der Waals surface area contributed by atoms with Gasteiger partial charge in [-0.25, -0.2) is 0 Å². The lowest BCUT2D eigenvalue weighted by atomic mass is 10.1. The van der Waals surface area contributed by atoms with E-state index in [1.54, 1.807) is 18.2 Å². The number of fused-ring (bicyclic) bond motifs is 1. The normalized spacial score (nSPS) is 12.7. The van der Waals surface area contributed by atoms with E-state index in [0.29, 0.717) is 49.1 Å². The van der Waals surface area contributed by atoms with E-state index in [1.165, 1.54) is 0 Å². The number of aryl methyl sites for hydroxylation is 1. The SMILES string of the molecule is C=CCn1c(C)cc(C(=O)CN(CC)CC(=O)Nc2ccc3c(c2)OCCO3)c1C. The number of hydrogen-bond acceptors (Lipinski definition) is 5. The van der Waals surface area contributed by atoms with Gasteiger partial charge in [0, 0.05) is 35.2 Å². The summed E-state index contributed by atoms with van der Waals surface area (Å²) in [5.74, 6) is 1.12. The molecule has 0 saturated carbocycles. The highest BCUT2D eigenvalue weighted by Gasteiger charge is 2.19. The lowest BCUT2D eigenvalue weighted by Gasteiger charge is -2.21. The Labute approximate surface area is 177 Å². The van der Waals surface area contributed by atoms with E-state index >= 15 is 0 Å². The molecule has 1 aromatic carbocycles. The number of likely N-dealkylation sites (N-methyl/N-ethyl adjacent to an activating group) is 1. The fourth-order valence-corrected chi connectivity index (χ4v) is 3.59. The van der Waals surface area contributed by atoms with Crippen LogP contribution in [0.2, 0.25) is 0 Å². The molecule has 1 aliphatic rings. The number of nitrogens with one attached hydrogen (secondary N) is 1. The van der Waals surface area contributed by atoms with Crippen LogP contribution in [0.1, 0.15) is 28.7 Å². The van der Waals surface area contributed by atoms with Crippen LogP contribution in [0.4, 0.5) is 5.69 Å². The minimum atomic E-state index is -0.182. The number of Topliss-reactive ketones (excluding diaryl/α,β-unsaturated/α-hetero) is 1. The van der Waals surface area contributed by atoms with E-state index in [2.05, 4.69) is 16.5 Å². The number of aromatic nitrogens is 1. The third-order valence-electron chi connectivity index (χ3n) is 5.19. The van der Waals surface area contributed by atoms with Crippen molar-refractivity contribution in [1.82, 2.24) is 9.47 Å². The highest BCUT2D eigenvalue weighted by atomic mass is 16.6. The Morgan fingerprint density at radius 2 is 1.90 bits per heavy atom. The number of anilines is 1. The molecule has 7 heteroatoms. The van der Waals surface area contributed by atoms with Gasteiger partial charge in [0.2, 0.25) is 5.91 Å². The minimum Gasteiger partial charge on any atom is -0.486 e. The van der Waals surface area contributed by atoms with Crippen LogP contribution in [0.3, 0.4) is 0 Å². The zero-order valence-corrected chi connectivity index (χ0v) is 17.9. The maximum absolute atomic E-state index is 12.9. The zero-order valence-electron chi connectivity index (χ0n) is 17.9. The van der Waals surface area contributed by atoms with Crippen LogP contribution in [0.15, 0.2) is 36.9 Å². The van der Waals surface area contributed by atoms with E-state index in [1.807, 2.05) is 37.8 Å². The first-order chi connectivity index (χ1) is 14.4. The molecule has 1 aromatic heterocycles. The lowest BCUT2D eigenvalue weighted by Crippen LogP contribution is -2.37. The van der Waals surface area contributed by atoms with Crippen molar-refractivity contribution in [3.8, 4) is 11.5 Å². The Bertz CT molecular complexity index is 948. The number of ether oxygens (including phenoxy) is 2. The molecule has 7 nitrogen and oxygen atoms in total. The second kappa shape index (κ2) is 9.63. The smallest absolute Gasteiger partial charge is 0.238 e. The Hall–Kier alpha value is -3.06. The van der Waals surface area contributed by atoms with Gasteiger partial charge in [0.05, 0.1) is 13.1 Å². The number of rotatable bonds is 9. The summed E-state index contributed by atoms with van der Waals surface area (Å²) in [5, 5.41) is 2.87. The topological polar surface area (TPSA) is 72.8 Å². The number of nitrogens with zero attached hydrogens (tertiary/aromatic N) is 2. The number of allylic oxidation sites excluding steroid dienone is 1. The average Bonchev–Trinajstić information content (AvgIpc) is 3.01. The summed E-state index contributed by atoms with van der Waals surface area (Å²) in [6.45, 7) is 12.2. The molecule has 160 valence electrons. The van der Waals surface area contributed by atoms with Crippen LogP contribution in [0, 0.1) is 13.8 Å². The van der Waals surface area contributed by atoms with Crippen LogP contribution in [0.25, 0.3) is 0 Å². The summed E-state index contributed by atoms with van der Waals surface area (Å²) in [6, 6.07) is 7.22. The van der Waals surface area contributed by atoms with Gasteiger partial charge in [-0.2, -0.15) is 0 Å². The van der Waals surface area contributed by atoms with Crippen molar-refractivity contribution in [3.63, 3.8) is 0 Å². The molecular weight excluding hydrogens is 382 g/mol. The number of carbonyl (C=O) groups is 2. The Balaban J connectivity index is 1.61. The number of hydrogen-bond donors (Lipinski definition) is 1. The molecular formula is C23H29N3O4. The largest absolute Gasteiger partial charge is 0.486 e. The van der Waals surface area contributed by atoms with Gasteiger partial charge >= 0.3 is 0 Å². The first-order valence-corrected chi connectivity index (χ1v) is 10.2. The molecule has 2 aromatic rings. The predicted octanol–water partition coefficient (Wildman–Crippen LogP) is 3.21. The zero-order chi connectivity index (χ0) is 21.7. The van der Waals surface area contributed by atoms with Crippen molar-refractivity contribution in [2.75, 3.05) is 38.2 Å². The molecule has 0 saturated heterocycles. The Morgan fingerprint density at radius 1 is 1.17 bits per heavy atom. The van der Waals surface area contributed by atoms with E-state index in [0.717, 1.165) is 11.4 Å². The molecule has 1 amide bonds. The molecule has 0 fully saturated rings. The fourth-order valence-electron chi connectivity index (χ4n) is 3.59. The van der Waals surface area contributed by atoms with E-state index in [4.69, 9.17) is 9.47 Å². The molecule has 1 aliphatic heterocycles. The maximum atomic E-state index is 12.9. The molecule has 1 N–H and O–H groups in total. The van der Waals surface area contributed by atoms with Crippen LogP contribution in [-0.4, -0.2) is 54.0 Å². The van der Waals surface area contributed by atoms with Gasteiger partial charge in [-0.15, -0.1) is 6.58 Å². The summed E-state index contributed by atoms with van der Waals surface area (Å²) in [6.07, 6.45) is 1.81. The Morgan fingerprint density at radius 3 is 2.60 bits per heavy atom. The average molecular weight is 412 g/mol. The van der Waals surface area contributed by atoms with Gasteiger partial charge in [-0.1, -0.05) is 13.0 Å². The molecule has 0 bridgehead atoms. The fraction of sp³-hybridized carbons (Fsp3) is 0.391. The van der Waals surface area contributed by atoms with Crippen LogP contribution < -0.4 is 14.8 Å². The van der Waals surface area contributed by atoms with E-state index in [9.17, 15) is 9.59 Å². The van der Waals surface area contributed by atoms with Gasteiger partial charge in [0.1, 0.15) is 13.2 Å². The molecule has 2 heterocycles. The monoisotopic (exact) mass is 411 g/mol. The third kappa shape index (κ3) is 4.91. The minimum absolute atomic E-state index is 0.00684. The summed E-state index contributed by atoms with van der Waals surface area (Å²) in [7, 11) is 0.